The van der Waals surface area contributed by atoms with Crippen molar-refractivity contribution in [3.8, 4) is 0 Å². The van der Waals surface area contributed by atoms with Crippen LogP contribution in [0.1, 0.15) is 31.8 Å². The molecule has 0 atom stereocenters. The standard InChI is InChI=1S/C28H18O2S/c29-27-22-13-7-8-14-23(22)28(30)24(27)16-15-19-17-25(20-9-3-1-4-10-20)31-26(18-19)21-11-5-2-6-12-21/h1-18H. The van der Waals surface area contributed by atoms with Crippen molar-refractivity contribution in [1.29, 1.82) is 0 Å². The van der Waals surface area contributed by atoms with Gasteiger partial charge in [-0.05, 0) is 34.9 Å². The first-order chi connectivity index (χ1) is 15.2. The molecule has 3 heteroatoms. The van der Waals surface area contributed by atoms with Crippen molar-refractivity contribution in [2.45, 2.75) is 0 Å². The molecule has 0 bridgehead atoms. The van der Waals surface area contributed by atoms with Crippen molar-refractivity contribution < 1.29 is 9.59 Å². The van der Waals surface area contributed by atoms with Crippen LogP contribution in [0.3, 0.4) is 0 Å². The molecule has 0 saturated heterocycles. The van der Waals surface area contributed by atoms with E-state index in [2.05, 4.69) is 36.4 Å². The summed E-state index contributed by atoms with van der Waals surface area (Å²) < 4.78 is 0. The lowest BCUT2D eigenvalue weighted by Gasteiger charge is -2.17. The fourth-order valence-corrected chi connectivity index (χ4v) is 4.85. The number of carbonyl (C=O) groups is 2. The zero-order valence-electron chi connectivity index (χ0n) is 16.6. The molecular formula is C28H18O2S. The van der Waals surface area contributed by atoms with E-state index in [0.29, 0.717) is 11.1 Å². The first kappa shape index (κ1) is 19.3. The third-order valence-electron chi connectivity index (χ3n) is 5.28. The lowest BCUT2D eigenvalue weighted by Crippen LogP contribution is -2.00. The lowest BCUT2D eigenvalue weighted by molar-refractivity contribution is 0.0989. The van der Waals surface area contributed by atoms with Crippen molar-refractivity contribution in [3.63, 3.8) is 0 Å². The molecular weight excluding hydrogens is 400 g/mol. The summed E-state index contributed by atoms with van der Waals surface area (Å²) in [5.41, 5.74) is 4.40. The number of thioether (sulfide) groups is 1. The normalized spacial score (nSPS) is 15.4. The minimum absolute atomic E-state index is 0.206. The molecule has 148 valence electrons. The minimum atomic E-state index is -0.206. The van der Waals surface area contributed by atoms with Gasteiger partial charge < -0.3 is 0 Å². The summed E-state index contributed by atoms with van der Waals surface area (Å²) in [5.74, 6) is -0.413. The summed E-state index contributed by atoms with van der Waals surface area (Å²) in [6, 6.07) is 27.4. The number of ketones is 2. The molecule has 2 nitrogen and oxygen atoms in total. The van der Waals surface area contributed by atoms with E-state index >= 15 is 0 Å². The molecule has 0 unspecified atom stereocenters. The van der Waals surface area contributed by atoms with Gasteiger partial charge in [0.2, 0.25) is 0 Å². The average Bonchev–Trinajstić information content (AvgIpc) is 3.08. The van der Waals surface area contributed by atoms with E-state index in [9.17, 15) is 9.59 Å². The van der Waals surface area contributed by atoms with Crippen molar-refractivity contribution in [2.24, 2.45) is 0 Å². The number of Topliss-reactive ketones (excluding diaryl/α,β-unsaturated/α-hetero) is 2. The Labute approximate surface area is 185 Å². The van der Waals surface area contributed by atoms with Crippen LogP contribution in [0.25, 0.3) is 9.81 Å². The molecule has 0 N–H and O–H groups in total. The van der Waals surface area contributed by atoms with Gasteiger partial charge in [0.25, 0.3) is 0 Å². The molecule has 0 amide bonds. The van der Waals surface area contributed by atoms with Crippen molar-refractivity contribution in [2.75, 3.05) is 0 Å². The van der Waals surface area contributed by atoms with Crippen LogP contribution in [0, 0.1) is 0 Å². The molecule has 2 aliphatic rings. The van der Waals surface area contributed by atoms with Gasteiger partial charge in [-0.1, -0.05) is 103 Å². The number of allylic oxidation sites excluding steroid dienone is 6. The maximum absolute atomic E-state index is 12.7. The predicted molar refractivity (Wildman–Crippen MR) is 128 cm³/mol. The number of benzene rings is 3. The maximum atomic E-state index is 12.7. The number of hydrogen-bond acceptors (Lipinski definition) is 3. The second-order valence-electron chi connectivity index (χ2n) is 7.30. The number of hydrogen-bond donors (Lipinski definition) is 0. The summed E-state index contributed by atoms with van der Waals surface area (Å²) in [4.78, 5) is 27.6. The van der Waals surface area contributed by atoms with Crippen LogP contribution < -0.4 is 0 Å². The molecule has 3 aromatic rings. The quantitative estimate of drug-likeness (QED) is 0.349. The van der Waals surface area contributed by atoms with Crippen LogP contribution in [0.4, 0.5) is 0 Å². The molecule has 0 spiro atoms. The van der Waals surface area contributed by atoms with E-state index in [4.69, 9.17) is 0 Å². The van der Waals surface area contributed by atoms with Gasteiger partial charge in [0, 0.05) is 20.9 Å². The summed E-state index contributed by atoms with van der Waals surface area (Å²) in [5, 5.41) is 0. The molecule has 0 aromatic heterocycles. The van der Waals surface area contributed by atoms with Crippen LogP contribution in [0.5, 0.6) is 0 Å². The van der Waals surface area contributed by atoms with Gasteiger partial charge in [-0.3, -0.25) is 9.59 Å². The molecule has 0 radical (unpaired) electrons. The molecule has 1 aliphatic carbocycles. The Kier molecular flexibility index (Phi) is 5.11. The van der Waals surface area contributed by atoms with E-state index in [0.717, 1.165) is 26.5 Å². The first-order valence-electron chi connectivity index (χ1n) is 10.0. The largest absolute Gasteiger partial charge is 0.288 e. The fraction of sp³-hybridized carbons (Fsp3) is 0. The number of rotatable bonds is 3. The molecule has 0 fully saturated rings. The smallest absolute Gasteiger partial charge is 0.197 e. The van der Waals surface area contributed by atoms with Gasteiger partial charge in [0.05, 0.1) is 5.57 Å². The first-order valence-corrected chi connectivity index (χ1v) is 10.8. The van der Waals surface area contributed by atoms with E-state index in [-0.39, 0.29) is 17.1 Å². The second-order valence-corrected chi connectivity index (χ2v) is 8.39. The van der Waals surface area contributed by atoms with Gasteiger partial charge in [-0.15, -0.1) is 0 Å². The molecule has 1 heterocycles. The topological polar surface area (TPSA) is 34.1 Å². The Morgan fingerprint density at radius 2 is 1.00 bits per heavy atom. The van der Waals surface area contributed by atoms with Crippen molar-refractivity contribution in [1.82, 2.24) is 0 Å². The van der Waals surface area contributed by atoms with E-state index < -0.39 is 0 Å². The van der Waals surface area contributed by atoms with Crippen LogP contribution in [0.2, 0.25) is 0 Å². The third kappa shape index (κ3) is 3.76. The van der Waals surface area contributed by atoms with Gasteiger partial charge >= 0.3 is 0 Å². The van der Waals surface area contributed by atoms with E-state index in [1.54, 1.807) is 42.1 Å². The van der Waals surface area contributed by atoms with E-state index in [1.807, 2.05) is 42.5 Å². The number of carbonyl (C=O) groups excluding carboxylic acids is 2. The maximum Gasteiger partial charge on any atom is 0.197 e. The Balaban J connectivity index is 1.56. The summed E-state index contributed by atoms with van der Waals surface area (Å²) in [7, 11) is 0. The summed E-state index contributed by atoms with van der Waals surface area (Å²) >= 11 is 1.72. The monoisotopic (exact) mass is 418 g/mol. The highest BCUT2D eigenvalue weighted by atomic mass is 32.2. The Morgan fingerprint density at radius 1 is 0.548 bits per heavy atom. The third-order valence-corrected chi connectivity index (χ3v) is 6.43. The van der Waals surface area contributed by atoms with Gasteiger partial charge in [-0.2, -0.15) is 0 Å². The van der Waals surface area contributed by atoms with Gasteiger partial charge in [0.1, 0.15) is 0 Å². The molecule has 1 aliphatic heterocycles. The van der Waals surface area contributed by atoms with Crippen molar-refractivity contribution >= 4 is 33.1 Å². The highest BCUT2D eigenvalue weighted by molar-refractivity contribution is 8.16. The second kappa shape index (κ2) is 8.21. The molecule has 3 aromatic carbocycles. The predicted octanol–water partition coefficient (Wildman–Crippen LogP) is 6.75. The molecule has 0 saturated carbocycles. The minimum Gasteiger partial charge on any atom is -0.288 e. The van der Waals surface area contributed by atoms with Crippen LogP contribution in [-0.2, 0) is 0 Å². The lowest BCUT2D eigenvalue weighted by atomic mass is 10.1. The Bertz CT molecular complexity index is 1210. The average molecular weight is 419 g/mol. The summed E-state index contributed by atoms with van der Waals surface area (Å²) in [6.07, 6.45) is 7.72. The van der Waals surface area contributed by atoms with Gasteiger partial charge in [0.15, 0.2) is 11.6 Å². The van der Waals surface area contributed by atoms with Crippen molar-refractivity contribution in [3.05, 3.63) is 143 Å². The zero-order chi connectivity index (χ0) is 21.2. The SMILES string of the molecule is O=C1C(=CC=C2C=C(c3ccccc3)SC(c3ccccc3)=C2)C(=O)c2ccccc21. The zero-order valence-corrected chi connectivity index (χ0v) is 17.4. The van der Waals surface area contributed by atoms with Gasteiger partial charge in [-0.25, -0.2) is 0 Å². The van der Waals surface area contributed by atoms with Crippen LogP contribution in [-0.4, -0.2) is 11.6 Å². The molecule has 5 rings (SSSR count). The van der Waals surface area contributed by atoms with Crippen LogP contribution in [0.15, 0.2) is 120 Å². The Morgan fingerprint density at radius 3 is 1.48 bits per heavy atom. The highest BCUT2D eigenvalue weighted by Gasteiger charge is 2.32. The van der Waals surface area contributed by atoms with E-state index in [1.165, 1.54) is 0 Å². The van der Waals surface area contributed by atoms with Crippen LogP contribution >= 0.6 is 11.8 Å². The summed E-state index contributed by atoms with van der Waals surface area (Å²) in [6.45, 7) is 0. The fourth-order valence-electron chi connectivity index (χ4n) is 3.71. The molecule has 31 heavy (non-hydrogen) atoms. The highest BCUT2D eigenvalue weighted by Crippen LogP contribution is 2.44. The number of fused-ring (bicyclic) bond motifs is 1. The Hall–Kier alpha value is -3.69.